The van der Waals surface area contributed by atoms with Crippen LogP contribution in [0.2, 0.25) is 0 Å². The number of H-pyrrole nitrogens is 1. The highest BCUT2D eigenvalue weighted by Crippen LogP contribution is 2.55. The molecule has 1 fully saturated rings. The minimum Gasteiger partial charge on any atom is -0.392 e. The molecule has 0 aliphatic carbocycles. The van der Waals surface area contributed by atoms with Crippen molar-refractivity contribution in [3.63, 3.8) is 0 Å². The lowest BCUT2D eigenvalue weighted by atomic mass is 9.77. The Morgan fingerprint density at radius 2 is 1.91 bits per heavy atom. The topological polar surface area (TPSA) is 126 Å². The van der Waals surface area contributed by atoms with Crippen LogP contribution in [0.3, 0.4) is 0 Å². The van der Waals surface area contributed by atoms with Gasteiger partial charge in [-0.2, -0.15) is 0 Å². The van der Waals surface area contributed by atoms with E-state index in [1.54, 1.807) is 24.3 Å². The molecule has 0 spiro atoms. The lowest BCUT2D eigenvalue weighted by molar-refractivity contribution is -0.348. The summed E-state index contributed by atoms with van der Waals surface area (Å²) in [6, 6.07) is 6.84. The van der Waals surface area contributed by atoms with Crippen LogP contribution in [0.4, 0.5) is 0 Å². The van der Waals surface area contributed by atoms with Gasteiger partial charge in [0, 0.05) is 22.7 Å². The number of nitrogens with one attached hydrogen (secondary N) is 1. The van der Waals surface area contributed by atoms with Gasteiger partial charge in [0.15, 0.2) is 16.4 Å². The summed E-state index contributed by atoms with van der Waals surface area (Å²) < 4.78 is 2.87. The van der Waals surface area contributed by atoms with Crippen molar-refractivity contribution in [3.8, 4) is 0 Å². The highest BCUT2D eigenvalue weighted by Gasteiger charge is 2.71. The number of hydrogen-bond donors (Lipinski definition) is 6. The highest BCUT2D eigenvalue weighted by atomic mass is 79.9. The largest absolute Gasteiger partial charge is 0.392 e. The molecule has 0 amide bonds. The van der Waals surface area contributed by atoms with E-state index in [2.05, 4.69) is 20.9 Å². The molecule has 6 N–H and O–H groups in total. The average molecular weight is 409 g/mol. The second-order valence-electron chi connectivity index (χ2n) is 5.48. The molecule has 23 heavy (non-hydrogen) atoms. The Hall–Kier alpha value is -0.710. The molecule has 0 radical (unpaired) electrons. The van der Waals surface area contributed by atoms with Gasteiger partial charge in [-0.15, -0.1) is 0 Å². The summed E-state index contributed by atoms with van der Waals surface area (Å²) in [4.78, 5) is 2.89. The SMILES string of the molecule is OC[C@@]1(Br)OC(O)[C@H](O)[C@](O)(c2c[nH]c3ccccc23)[C@@]1(O)Cl. The Balaban J connectivity index is 2.28. The number of ether oxygens (including phenoxy) is 1. The summed E-state index contributed by atoms with van der Waals surface area (Å²) in [5.41, 5.74) is -1.86. The molecule has 7 nitrogen and oxygen atoms in total. The molecule has 126 valence electrons. The van der Waals surface area contributed by atoms with Gasteiger partial charge in [0.1, 0.15) is 6.10 Å². The first-order chi connectivity index (χ1) is 10.7. The third kappa shape index (κ3) is 2.11. The van der Waals surface area contributed by atoms with E-state index in [4.69, 9.17) is 16.3 Å². The van der Waals surface area contributed by atoms with Gasteiger partial charge in [0.2, 0.25) is 5.06 Å². The second kappa shape index (κ2) is 5.40. The van der Waals surface area contributed by atoms with Crippen molar-refractivity contribution in [2.75, 3.05) is 6.61 Å². The number of rotatable bonds is 2. The molecule has 0 saturated carbocycles. The predicted octanol–water partition coefficient (Wildman–Crippen LogP) is 0.0759. The van der Waals surface area contributed by atoms with E-state index < -0.39 is 34.2 Å². The molecule has 5 atom stereocenters. The molecule has 1 saturated heterocycles. The fourth-order valence-corrected chi connectivity index (χ4v) is 3.70. The summed E-state index contributed by atoms with van der Waals surface area (Å²) in [7, 11) is 0. The van der Waals surface area contributed by atoms with Gasteiger partial charge in [0.05, 0.1) is 6.61 Å². The second-order valence-corrected chi connectivity index (χ2v) is 7.30. The summed E-state index contributed by atoms with van der Waals surface area (Å²) in [5, 5.41) is 49.4. The van der Waals surface area contributed by atoms with E-state index in [1.165, 1.54) is 6.20 Å². The van der Waals surface area contributed by atoms with Gasteiger partial charge in [-0.05, 0) is 22.0 Å². The van der Waals surface area contributed by atoms with Crippen molar-refractivity contribution in [1.29, 1.82) is 0 Å². The van der Waals surface area contributed by atoms with E-state index in [9.17, 15) is 25.5 Å². The minimum atomic E-state index is -2.70. The van der Waals surface area contributed by atoms with Gasteiger partial charge in [-0.3, -0.25) is 0 Å². The van der Waals surface area contributed by atoms with Crippen molar-refractivity contribution >= 4 is 38.4 Å². The molecule has 9 heteroatoms. The number of benzene rings is 1. The number of aromatic amines is 1. The maximum Gasteiger partial charge on any atom is 0.216 e. The maximum atomic E-state index is 11.1. The first-order valence-corrected chi connectivity index (χ1v) is 7.90. The van der Waals surface area contributed by atoms with Crippen molar-refractivity contribution < 1.29 is 30.3 Å². The standard InChI is InChI=1S/C14H15BrClNO6/c15-12(6-18)14(16,22)13(21,10(19)11(20)23-12)8-5-17-9-4-2-1-3-7(8)9/h1-5,10-11,17-22H,6H2/t10-,11?,12+,13+,14+/m0/s1. The van der Waals surface area contributed by atoms with Crippen LogP contribution < -0.4 is 0 Å². The van der Waals surface area contributed by atoms with E-state index in [-0.39, 0.29) is 5.56 Å². The fourth-order valence-electron chi connectivity index (χ4n) is 2.89. The molecular weight excluding hydrogens is 394 g/mol. The quantitative estimate of drug-likeness (QED) is 0.391. The molecule has 1 aromatic carbocycles. The molecule has 0 bridgehead atoms. The molecule has 2 aromatic rings. The first kappa shape index (κ1) is 17.1. The Morgan fingerprint density at radius 1 is 1.26 bits per heavy atom. The number of halogens is 2. The number of fused-ring (bicyclic) bond motifs is 1. The number of hydrogen-bond acceptors (Lipinski definition) is 6. The van der Waals surface area contributed by atoms with Gasteiger partial charge in [-0.25, -0.2) is 0 Å². The summed E-state index contributed by atoms with van der Waals surface area (Å²) in [6.45, 7) is -0.874. The zero-order valence-electron chi connectivity index (χ0n) is 11.6. The summed E-state index contributed by atoms with van der Waals surface area (Å²) in [5.74, 6) is 0. The van der Waals surface area contributed by atoms with E-state index in [0.29, 0.717) is 10.9 Å². The van der Waals surface area contributed by atoms with Crippen LogP contribution in [-0.4, -0.2) is 59.1 Å². The number of para-hydroxylation sites is 1. The van der Waals surface area contributed by atoms with Gasteiger partial charge < -0.3 is 35.3 Å². The molecule has 3 rings (SSSR count). The zero-order valence-corrected chi connectivity index (χ0v) is 14.0. The first-order valence-electron chi connectivity index (χ1n) is 6.73. The molecule has 1 aliphatic heterocycles. The van der Waals surface area contributed by atoms with Crippen LogP contribution in [0.15, 0.2) is 30.5 Å². The number of alkyl halides is 2. The Labute approximate surface area is 144 Å². The van der Waals surface area contributed by atoms with Gasteiger partial charge >= 0.3 is 0 Å². The van der Waals surface area contributed by atoms with Crippen molar-refractivity contribution in [2.45, 2.75) is 27.6 Å². The number of aliphatic hydroxyl groups excluding tert-OH is 3. The van der Waals surface area contributed by atoms with E-state index in [1.807, 2.05) is 0 Å². The van der Waals surface area contributed by atoms with Crippen LogP contribution >= 0.6 is 27.5 Å². The van der Waals surface area contributed by atoms with Crippen molar-refractivity contribution in [2.24, 2.45) is 0 Å². The lowest BCUT2D eigenvalue weighted by Crippen LogP contribution is -2.74. The highest BCUT2D eigenvalue weighted by molar-refractivity contribution is 9.10. The minimum absolute atomic E-state index is 0.0534. The molecule has 1 aliphatic rings. The Morgan fingerprint density at radius 3 is 2.57 bits per heavy atom. The van der Waals surface area contributed by atoms with Crippen molar-refractivity contribution in [3.05, 3.63) is 36.0 Å². The number of aromatic nitrogens is 1. The lowest BCUT2D eigenvalue weighted by Gasteiger charge is -2.54. The summed E-state index contributed by atoms with van der Waals surface area (Å²) >= 11 is 9.04. The number of aliphatic hydroxyl groups is 5. The molecule has 2 heterocycles. The normalized spacial score (nSPS) is 41.3. The fraction of sp³-hybridized carbons (Fsp3) is 0.429. The van der Waals surface area contributed by atoms with Crippen LogP contribution in [-0.2, 0) is 10.3 Å². The monoisotopic (exact) mass is 407 g/mol. The van der Waals surface area contributed by atoms with Gasteiger partial charge in [0.25, 0.3) is 0 Å². The average Bonchev–Trinajstić information content (AvgIpc) is 2.96. The smallest absolute Gasteiger partial charge is 0.216 e. The molecular formula is C14H15BrClNO6. The Kier molecular flexibility index (Phi) is 4.02. The third-order valence-electron chi connectivity index (χ3n) is 4.21. The van der Waals surface area contributed by atoms with Crippen LogP contribution in [0.5, 0.6) is 0 Å². The Bertz CT molecular complexity index is 739. The summed E-state index contributed by atoms with van der Waals surface area (Å²) in [6.07, 6.45) is -2.51. The van der Waals surface area contributed by atoms with Crippen molar-refractivity contribution in [1.82, 2.24) is 4.98 Å². The molecule has 1 aromatic heterocycles. The third-order valence-corrected chi connectivity index (χ3v) is 6.04. The predicted molar refractivity (Wildman–Crippen MR) is 84.8 cm³/mol. The van der Waals surface area contributed by atoms with Crippen LogP contribution in [0.1, 0.15) is 5.56 Å². The zero-order chi connectivity index (χ0) is 17.0. The van der Waals surface area contributed by atoms with E-state index in [0.717, 1.165) is 0 Å². The van der Waals surface area contributed by atoms with Crippen LogP contribution in [0.25, 0.3) is 10.9 Å². The molecule has 1 unspecified atom stereocenters. The van der Waals surface area contributed by atoms with Gasteiger partial charge in [-0.1, -0.05) is 29.8 Å². The van der Waals surface area contributed by atoms with E-state index >= 15 is 0 Å². The van der Waals surface area contributed by atoms with Crippen LogP contribution in [0, 0.1) is 0 Å². The maximum absolute atomic E-state index is 11.1.